The van der Waals surface area contributed by atoms with E-state index in [0.29, 0.717) is 42.3 Å². The van der Waals surface area contributed by atoms with Gasteiger partial charge in [-0.25, -0.2) is 12.7 Å². The molecule has 1 saturated heterocycles. The Morgan fingerprint density at radius 3 is 2.56 bits per heavy atom. The van der Waals surface area contributed by atoms with Crippen molar-refractivity contribution in [1.29, 1.82) is 0 Å². The summed E-state index contributed by atoms with van der Waals surface area (Å²) in [7, 11) is 0.232. The number of aliphatic imine (C=N–C) groups is 1. The molecule has 0 bridgehead atoms. The molecule has 0 spiro atoms. The van der Waals surface area contributed by atoms with E-state index in [0.717, 1.165) is 17.2 Å². The van der Waals surface area contributed by atoms with E-state index < -0.39 is 10.0 Å². The van der Waals surface area contributed by atoms with Crippen LogP contribution in [0.15, 0.2) is 11.1 Å². The first-order valence-corrected chi connectivity index (χ1v) is 11.4. The fourth-order valence-corrected chi connectivity index (χ4v) is 5.31. The summed E-state index contributed by atoms with van der Waals surface area (Å²) < 4.78 is 28.0. The lowest BCUT2D eigenvalue weighted by molar-refractivity contribution is 0.443. The molecule has 2 heterocycles. The molecular formula is C14H23Cl2N5O2S2. The van der Waals surface area contributed by atoms with Crippen molar-refractivity contribution in [3.63, 3.8) is 0 Å². The monoisotopic (exact) mass is 427 g/mol. The highest BCUT2D eigenvalue weighted by Crippen LogP contribution is 2.24. The van der Waals surface area contributed by atoms with Gasteiger partial charge in [0, 0.05) is 50.9 Å². The highest BCUT2D eigenvalue weighted by molar-refractivity contribution is 7.99. The van der Waals surface area contributed by atoms with Crippen LogP contribution in [0.2, 0.25) is 10.2 Å². The predicted molar refractivity (Wildman–Crippen MR) is 106 cm³/mol. The molecular weight excluding hydrogens is 405 g/mol. The van der Waals surface area contributed by atoms with Gasteiger partial charge < -0.3 is 15.2 Å². The maximum Gasteiger partial charge on any atom is 0.215 e. The number of hydrogen-bond donors (Lipinski definition) is 2. The quantitative estimate of drug-likeness (QED) is 0.529. The molecule has 7 nitrogen and oxygen atoms in total. The maximum atomic E-state index is 12.3. The summed E-state index contributed by atoms with van der Waals surface area (Å²) in [4.78, 5) is 4.10. The van der Waals surface area contributed by atoms with Crippen LogP contribution in [0, 0.1) is 0 Å². The first-order valence-electron chi connectivity index (χ1n) is 7.85. The average Bonchev–Trinajstić information content (AvgIpc) is 2.85. The molecule has 0 atom stereocenters. The van der Waals surface area contributed by atoms with Crippen molar-refractivity contribution in [1.82, 2.24) is 19.5 Å². The van der Waals surface area contributed by atoms with E-state index in [2.05, 4.69) is 15.6 Å². The van der Waals surface area contributed by atoms with Gasteiger partial charge in [0.25, 0.3) is 0 Å². The van der Waals surface area contributed by atoms with E-state index in [9.17, 15) is 8.42 Å². The van der Waals surface area contributed by atoms with Crippen LogP contribution in [0.3, 0.4) is 0 Å². The fourth-order valence-electron chi connectivity index (χ4n) is 2.41. The summed E-state index contributed by atoms with van der Waals surface area (Å²) in [5, 5.41) is 7.12. The highest BCUT2D eigenvalue weighted by atomic mass is 35.5. The van der Waals surface area contributed by atoms with Crippen LogP contribution in [0.25, 0.3) is 0 Å². The van der Waals surface area contributed by atoms with Crippen LogP contribution < -0.4 is 10.6 Å². The second kappa shape index (κ2) is 9.36. The molecule has 25 heavy (non-hydrogen) atoms. The molecule has 2 rings (SSSR count). The number of hydrogen-bond acceptors (Lipinski definition) is 4. The molecule has 1 aliphatic heterocycles. The Kier molecular flexibility index (Phi) is 7.75. The van der Waals surface area contributed by atoms with E-state index in [1.807, 2.05) is 7.05 Å². The number of halogens is 2. The van der Waals surface area contributed by atoms with Crippen LogP contribution in [0.4, 0.5) is 0 Å². The number of guanidine groups is 1. The van der Waals surface area contributed by atoms with Gasteiger partial charge in [0.2, 0.25) is 10.0 Å². The molecule has 0 aliphatic carbocycles. The Labute approximate surface area is 163 Å². The second-order valence-electron chi connectivity index (χ2n) is 5.51. The van der Waals surface area contributed by atoms with Gasteiger partial charge in [-0.15, -0.1) is 0 Å². The minimum Gasteiger partial charge on any atom is -0.355 e. The lowest BCUT2D eigenvalue weighted by Crippen LogP contribution is -2.44. The van der Waals surface area contributed by atoms with Crippen LogP contribution in [-0.4, -0.2) is 67.2 Å². The number of thioether (sulfide) groups is 1. The molecule has 11 heteroatoms. The molecule has 0 radical (unpaired) electrons. The van der Waals surface area contributed by atoms with Gasteiger partial charge >= 0.3 is 0 Å². The molecule has 1 aromatic heterocycles. The fraction of sp³-hybridized carbons (Fsp3) is 0.643. The second-order valence-corrected chi connectivity index (χ2v) is 9.59. The van der Waals surface area contributed by atoms with Gasteiger partial charge in [0.05, 0.1) is 17.3 Å². The van der Waals surface area contributed by atoms with Crippen molar-refractivity contribution in [2.45, 2.75) is 6.54 Å². The van der Waals surface area contributed by atoms with Gasteiger partial charge in [-0.05, 0) is 6.07 Å². The SMILES string of the molecule is CN=C(NCCS(=O)(=O)N1CCSCC1)NCc1cc(Cl)c(Cl)n1C. The molecule has 1 fully saturated rings. The third-order valence-electron chi connectivity index (χ3n) is 3.89. The van der Waals surface area contributed by atoms with Crippen molar-refractivity contribution >= 4 is 50.9 Å². The first-order chi connectivity index (χ1) is 11.8. The van der Waals surface area contributed by atoms with Gasteiger partial charge in [-0.2, -0.15) is 11.8 Å². The summed E-state index contributed by atoms with van der Waals surface area (Å²) in [5.41, 5.74) is 0.899. The number of rotatable bonds is 6. The van der Waals surface area contributed by atoms with E-state index in [1.165, 1.54) is 0 Å². The molecule has 2 N–H and O–H groups in total. The summed E-state index contributed by atoms with van der Waals surface area (Å²) in [6, 6.07) is 1.78. The summed E-state index contributed by atoms with van der Waals surface area (Å²) in [6.45, 7) is 1.95. The standard InChI is InChI=1S/C14H23Cl2N5O2S2/c1-17-14(19-10-11-9-12(15)13(16)20(11)2)18-3-8-25(22,23)21-4-6-24-7-5-21/h9H,3-8,10H2,1-2H3,(H2,17,18,19). The zero-order valence-electron chi connectivity index (χ0n) is 14.3. The average molecular weight is 428 g/mol. The molecule has 0 amide bonds. The molecule has 0 unspecified atom stereocenters. The molecule has 1 aromatic rings. The van der Waals surface area contributed by atoms with Crippen molar-refractivity contribution in [2.75, 3.05) is 43.9 Å². The lowest BCUT2D eigenvalue weighted by atomic mass is 10.4. The van der Waals surface area contributed by atoms with E-state index in [4.69, 9.17) is 23.2 Å². The van der Waals surface area contributed by atoms with Crippen LogP contribution >= 0.6 is 35.0 Å². The lowest BCUT2D eigenvalue weighted by Gasteiger charge is -2.25. The maximum absolute atomic E-state index is 12.3. The van der Waals surface area contributed by atoms with Gasteiger partial charge in [0.15, 0.2) is 5.96 Å². The topological polar surface area (TPSA) is 78.7 Å². The van der Waals surface area contributed by atoms with Crippen LogP contribution in [0.1, 0.15) is 5.69 Å². The van der Waals surface area contributed by atoms with Gasteiger partial charge in [0.1, 0.15) is 5.15 Å². The first kappa shape index (κ1) is 20.7. The predicted octanol–water partition coefficient (Wildman–Crippen LogP) is 1.38. The van der Waals surface area contributed by atoms with E-state index >= 15 is 0 Å². The Hall–Kier alpha value is -0.610. The minimum absolute atomic E-state index is 0.0418. The number of aromatic nitrogens is 1. The van der Waals surface area contributed by atoms with Crippen molar-refractivity contribution in [3.05, 3.63) is 21.9 Å². The molecule has 0 saturated carbocycles. The van der Waals surface area contributed by atoms with Crippen molar-refractivity contribution in [2.24, 2.45) is 12.0 Å². The van der Waals surface area contributed by atoms with Gasteiger partial charge in [-0.3, -0.25) is 4.99 Å². The van der Waals surface area contributed by atoms with Gasteiger partial charge in [-0.1, -0.05) is 23.2 Å². The Bertz CT molecular complexity index is 715. The van der Waals surface area contributed by atoms with Crippen molar-refractivity contribution in [3.8, 4) is 0 Å². The molecule has 1 aliphatic rings. The Morgan fingerprint density at radius 1 is 1.32 bits per heavy atom. The summed E-state index contributed by atoms with van der Waals surface area (Å²) >= 11 is 13.8. The summed E-state index contributed by atoms with van der Waals surface area (Å²) in [5.74, 6) is 2.29. The normalized spacial score (nSPS) is 16.9. The summed E-state index contributed by atoms with van der Waals surface area (Å²) in [6.07, 6.45) is 0. The Balaban J connectivity index is 1.81. The highest BCUT2D eigenvalue weighted by Gasteiger charge is 2.23. The third kappa shape index (κ3) is 5.68. The molecule has 0 aromatic carbocycles. The van der Waals surface area contributed by atoms with Crippen molar-refractivity contribution < 1.29 is 8.42 Å². The number of nitrogens with zero attached hydrogens (tertiary/aromatic N) is 3. The van der Waals surface area contributed by atoms with E-state index in [-0.39, 0.29) is 5.75 Å². The third-order valence-corrected chi connectivity index (χ3v) is 7.55. The smallest absolute Gasteiger partial charge is 0.215 e. The number of nitrogens with one attached hydrogen (secondary N) is 2. The molecule has 142 valence electrons. The number of sulfonamides is 1. The van der Waals surface area contributed by atoms with Crippen LogP contribution in [0.5, 0.6) is 0 Å². The van der Waals surface area contributed by atoms with Crippen LogP contribution in [-0.2, 0) is 23.6 Å². The zero-order chi connectivity index (χ0) is 18.4. The Morgan fingerprint density at radius 2 is 2.00 bits per heavy atom. The minimum atomic E-state index is -3.23. The zero-order valence-corrected chi connectivity index (χ0v) is 17.4. The largest absolute Gasteiger partial charge is 0.355 e. The van der Waals surface area contributed by atoms with E-state index in [1.54, 1.807) is 33.7 Å².